The number of carboxylic acids is 2. The van der Waals surface area contributed by atoms with Crippen molar-refractivity contribution in [2.24, 2.45) is 5.41 Å². The second-order valence-corrected chi connectivity index (χ2v) is 7.06. The van der Waals surface area contributed by atoms with Crippen molar-refractivity contribution in [3.05, 3.63) is 0 Å². The molecule has 0 aromatic rings. The molecule has 4 unspecified atom stereocenters. The van der Waals surface area contributed by atoms with Crippen molar-refractivity contribution in [1.29, 1.82) is 0 Å². The molecular weight excluding hydrogens is 368 g/mol. The normalized spacial score (nSPS) is 18.1. The van der Waals surface area contributed by atoms with E-state index in [2.05, 4.69) is 0 Å². The van der Waals surface area contributed by atoms with E-state index in [1.807, 2.05) is 13.8 Å². The van der Waals surface area contributed by atoms with Crippen molar-refractivity contribution in [3.8, 4) is 0 Å². The molecule has 0 saturated carbocycles. The average molecular weight is 407 g/mol. The van der Waals surface area contributed by atoms with Gasteiger partial charge in [0.2, 0.25) is 0 Å². The van der Waals surface area contributed by atoms with Gasteiger partial charge in [-0.3, -0.25) is 9.59 Å². The molecule has 8 nitrogen and oxygen atoms in total. The second kappa shape index (κ2) is 13.9. The van der Waals surface area contributed by atoms with Crippen LogP contribution in [0.25, 0.3) is 0 Å². The minimum atomic E-state index is -1.80. The lowest BCUT2D eigenvalue weighted by atomic mass is 9.74. The van der Waals surface area contributed by atoms with Gasteiger partial charge >= 0.3 is 11.9 Å². The van der Waals surface area contributed by atoms with Gasteiger partial charge in [-0.1, -0.05) is 26.7 Å². The minimum Gasteiger partial charge on any atom is -0.481 e. The third-order valence-electron chi connectivity index (χ3n) is 4.79. The molecule has 0 heterocycles. The van der Waals surface area contributed by atoms with E-state index in [1.165, 1.54) is 0 Å². The summed E-state index contributed by atoms with van der Waals surface area (Å²) in [5.74, 6) is -2.54. The summed E-state index contributed by atoms with van der Waals surface area (Å²) in [6.07, 6.45) is -0.276. The molecule has 0 saturated heterocycles. The zero-order valence-corrected chi connectivity index (χ0v) is 18.1. The Kier molecular flexibility index (Phi) is 13.3. The van der Waals surface area contributed by atoms with Gasteiger partial charge in [0, 0.05) is 13.2 Å². The summed E-state index contributed by atoms with van der Waals surface area (Å²) in [4.78, 5) is 23.7. The first-order valence-corrected chi connectivity index (χ1v) is 10.1. The number of carboxylic acid groups (broad SMARTS) is 2. The van der Waals surface area contributed by atoms with Crippen LogP contribution in [0, 0.1) is 5.41 Å². The summed E-state index contributed by atoms with van der Waals surface area (Å²) in [5, 5.41) is 19.3. The van der Waals surface area contributed by atoms with E-state index in [0.29, 0.717) is 13.2 Å². The summed E-state index contributed by atoms with van der Waals surface area (Å²) in [6.45, 7) is 11.4. The Bertz CT molecular complexity index is 429. The van der Waals surface area contributed by atoms with Crippen LogP contribution in [0.15, 0.2) is 0 Å². The number of rotatable bonds is 17. The summed E-state index contributed by atoms with van der Waals surface area (Å²) < 4.78 is 22.5. The fraction of sp³-hybridized carbons (Fsp3) is 0.900. The molecule has 0 amide bonds. The van der Waals surface area contributed by atoms with E-state index >= 15 is 0 Å². The molecule has 0 aromatic carbocycles. The van der Waals surface area contributed by atoms with E-state index in [9.17, 15) is 19.8 Å². The van der Waals surface area contributed by atoms with Crippen molar-refractivity contribution >= 4 is 11.9 Å². The molecular formula is C20H38O8. The Morgan fingerprint density at radius 2 is 1.21 bits per heavy atom. The predicted octanol–water partition coefficient (Wildman–Crippen LogP) is 3.67. The van der Waals surface area contributed by atoms with E-state index in [-0.39, 0.29) is 0 Å². The number of hydrogen-bond donors (Lipinski definition) is 2. The number of ether oxygens (including phenoxy) is 4. The first kappa shape index (κ1) is 26.8. The molecule has 0 aliphatic rings. The molecule has 8 heteroatoms. The Hall–Kier alpha value is -1.22. The van der Waals surface area contributed by atoms with Crippen LogP contribution in [0.5, 0.6) is 0 Å². The first-order chi connectivity index (χ1) is 13.1. The van der Waals surface area contributed by atoms with Gasteiger partial charge in [0.15, 0.2) is 12.6 Å². The lowest BCUT2D eigenvalue weighted by molar-refractivity contribution is -0.238. The van der Waals surface area contributed by atoms with Gasteiger partial charge in [-0.15, -0.1) is 0 Å². The fourth-order valence-corrected chi connectivity index (χ4v) is 2.98. The molecule has 0 spiro atoms. The van der Waals surface area contributed by atoms with Crippen LogP contribution in [0.4, 0.5) is 0 Å². The summed E-state index contributed by atoms with van der Waals surface area (Å²) in [6, 6.07) is 0. The van der Waals surface area contributed by atoms with Crippen LogP contribution in [0.1, 0.15) is 73.6 Å². The predicted molar refractivity (Wildman–Crippen MR) is 104 cm³/mol. The Morgan fingerprint density at radius 3 is 1.50 bits per heavy atom. The molecule has 0 aromatic heterocycles. The quantitative estimate of drug-likeness (QED) is 0.278. The van der Waals surface area contributed by atoms with E-state index in [0.717, 1.165) is 25.7 Å². The summed E-state index contributed by atoms with van der Waals surface area (Å²) in [7, 11) is 0. The van der Waals surface area contributed by atoms with Gasteiger partial charge < -0.3 is 29.2 Å². The largest absolute Gasteiger partial charge is 0.481 e. The number of hydrogen-bond acceptors (Lipinski definition) is 6. The van der Waals surface area contributed by atoms with Crippen molar-refractivity contribution in [1.82, 2.24) is 0 Å². The highest BCUT2D eigenvalue weighted by atomic mass is 16.7. The maximum Gasteiger partial charge on any atom is 0.315 e. The second-order valence-electron chi connectivity index (χ2n) is 7.06. The molecule has 0 aliphatic heterocycles. The lowest BCUT2D eigenvalue weighted by Gasteiger charge is -2.40. The molecule has 0 rings (SSSR count). The zero-order valence-electron chi connectivity index (χ0n) is 18.1. The third kappa shape index (κ3) is 8.86. The average Bonchev–Trinajstić information content (AvgIpc) is 2.59. The Labute approximate surface area is 168 Å². The van der Waals surface area contributed by atoms with Gasteiger partial charge in [-0.25, -0.2) is 0 Å². The Balaban J connectivity index is 5.33. The smallest absolute Gasteiger partial charge is 0.315 e. The topological polar surface area (TPSA) is 112 Å². The fourth-order valence-electron chi connectivity index (χ4n) is 2.98. The van der Waals surface area contributed by atoms with E-state index in [4.69, 9.17) is 18.9 Å². The van der Waals surface area contributed by atoms with Gasteiger partial charge in [-0.2, -0.15) is 0 Å². The highest BCUT2D eigenvalue weighted by molar-refractivity contribution is 5.82. The van der Waals surface area contributed by atoms with E-state index < -0.39 is 48.6 Å². The molecule has 4 atom stereocenters. The summed E-state index contributed by atoms with van der Waals surface area (Å²) in [5.41, 5.74) is -1.80. The third-order valence-corrected chi connectivity index (χ3v) is 4.79. The van der Waals surface area contributed by atoms with Gasteiger partial charge in [-0.05, 0) is 40.5 Å². The Morgan fingerprint density at radius 1 is 0.821 bits per heavy atom. The molecule has 28 heavy (non-hydrogen) atoms. The van der Waals surface area contributed by atoms with E-state index in [1.54, 1.807) is 27.7 Å². The zero-order chi connectivity index (χ0) is 21.7. The molecule has 0 radical (unpaired) electrons. The van der Waals surface area contributed by atoms with Gasteiger partial charge in [0.1, 0.15) is 5.41 Å². The van der Waals surface area contributed by atoms with Crippen molar-refractivity contribution in [3.63, 3.8) is 0 Å². The highest BCUT2D eigenvalue weighted by Crippen LogP contribution is 2.37. The SMILES string of the molecule is CCCCOC(C)OC(C)C(CC(=O)O)(C(=O)O)C(C)OC(C)OCCCC. The standard InChI is InChI=1S/C20H38O8/c1-7-9-11-25-16(5)27-14(3)20(19(23)24,13-18(21)22)15(4)28-17(6)26-12-10-8-2/h14-17H,7-13H2,1-6H3,(H,21,22)(H,23,24). The van der Waals surface area contributed by atoms with Crippen molar-refractivity contribution in [2.75, 3.05) is 13.2 Å². The minimum absolute atomic E-state index is 0.484. The first-order valence-electron chi connectivity index (χ1n) is 10.1. The van der Waals surface area contributed by atoms with Crippen LogP contribution in [0.2, 0.25) is 0 Å². The maximum atomic E-state index is 12.2. The molecule has 0 bridgehead atoms. The van der Waals surface area contributed by atoms with Gasteiger partial charge in [0.25, 0.3) is 0 Å². The van der Waals surface area contributed by atoms with Crippen LogP contribution < -0.4 is 0 Å². The number of aliphatic carboxylic acids is 2. The number of unbranched alkanes of at least 4 members (excludes halogenated alkanes) is 2. The highest BCUT2D eigenvalue weighted by Gasteiger charge is 2.52. The van der Waals surface area contributed by atoms with Crippen molar-refractivity contribution in [2.45, 2.75) is 98.4 Å². The van der Waals surface area contributed by atoms with Crippen LogP contribution in [0.3, 0.4) is 0 Å². The molecule has 0 fully saturated rings. The lowest BCUT2D eigenvalue weighted by Crippen LogP contribution is -2.54. The molecule has 166 valence electrons. The van der Waals surface area contributed by atoms with Crippen LogP contribution in [-0.2, 0) is 28.5 Å². The van der Waals surface area contributed by atoms with Crippen LogP contribution in [-0.4, -0.2) is 60.2 Å². The number of carbonyl (C=O) groups is 2. The molecule has 0 aliphatic carbocycles. The van der Waals surface area contributed by atoms with Crippen molar-refractivity contribution < 1.29 is 38.7 Å². The monoisotopic (exact) mass is 406 g/mol. The summed E-state index contributed by atoms with van der Waals surface area (Å²) >= 11 is 0. The maximum absolute atomic E-state index is 12.2. The van der Waals surface area contributed by atoms with Crippen LogP contribution >= 0.6 is 0 Å². The van der Waals surface area contributed by atoms with Gasteiger partial charge in [0.05, 0.1) is 18.6 Å². The molecule has 2 N–H and O–H groups in total.